The maximum atomic E-state index is 2.61. The molecule has 0 aromatic rings. The standard InChI is InChI=1S/C15H26/c1-6-15-12(9-13(15,3)4)11-7-8-14(15,5)10(11)2/h10-12H,6-9H2,1-5H3. The van der Waals surface area contributed by atoms with Gasteiger partial charge in [-0.15, -0.1) is 0 Å². The van der Waals surface area contributed by atoms with Crippen LogP contribution in [0.15, 0.2) is 0 Å². The second-order valence-electron chi connectivity index (χ2n) is 7.43. The Morgan fingerprint density at radius 2 is 1.87 bits per heavy atom. The molecule has 0 radical (unpaired) electrons. The van der Waals surface area contributed by atoms with E-state index >= 15 is 0 Å². The highest BCUT2D eigenvalue weighted by Crippen LogP contribution is 2.83. The van der Waals surface area contributed by atoms with Crippen molar-refractivity contribution in [1.29, 1.82) is 0 Å². The predicted molar refractivity (Wildman–Crippen MR) is 64.6 cm³/mol. The molecule has 0 heteroatoms. The van der Waals surface area contributed by atoms with Crippen LogP contribution >= 0.6 is 0 Å². The average molecular weight is 206 g/mol. The van der Waals surface area contributed by atoms with Crippen LogP contribution in [0.4, 0.5) is 0 Å². The summed E-state index contributed by atoms with van der Waals surface area (Å²) in [5.41, 5.74) is 1.98. The average Bonchev–Trinajstić information content (AvgIpc) is 2.49. The minimum atomic E-state index is 0.616. The molecule has 0 amide bonds. The number of fused-ring (bicyclic) bond motifs is 5. The molecule has 0 aromatic carbocycles. The third-order valence-electron chi connectivity index (χ3n) is 7.31. The highest BCUT2D eigenvalue weighted by Gasteiger charge is 2.77. The molecule has 0 N–H and O–H groups in total. The first-order chi connectivity index (χ1) is 6.91. The van der Waals surface area contributed by atoms with Crippen LogP contribution in [-0.4, -0.2) is 0 Å². The van der Waals surface area contributed by atoms with Gasteiger partial charge in [-0.3, -0.25) is 0 Å². The van der Waals surface area contributed by atoms with Crippen LogP contribution in [0.3, 0.4) is 0 Å². The topological polar surface area (TPSA) is 0 Å². The Bertz CT molecular complexity index is 303. The lowest BCUT2D eigenvalue weighted by Crippen LogP contribution is -2.61. The molecule has 3 saturated carbocycles. The Morgan fingerprint density at radius 1 is 1.20 bits per heavy atom. The lowest BCUT2D eigenvalue weighted by atomic mass is 9.36. The van der Waals surface area contributed by atoms with E-state index in [1.54, 1.807) is 0 Å². The predicted octanol–water partition coefficient (Wildman–Crippen LogP) is 4.49. The number of hydrogen-bond donors (Lipinski definition) is 0. The van der Waals surface area contributed by atoms with Crippen molar-refractivity contribution in [3.8, 4) is 0 Å². The molecule has 5 atom stereocenters. The maximum absolute atomic E-state index is 2.61. The summed E-state index contributed by atoms with van der Waals surface area (Å²) in [6.07, 6.45) is 5.96. The van der Waals surface area contributed by atoms with E-state index < -0.39 is 0 Å². The van der Waals surface area contributed by atoms with Gasteiger partial charge in [0.05, 0.1) is 0 Å². The fourth-order valence-electron chi connectivity index (χ4n) is 6.73. The van der Waals surface area contributed by atoms with E-state index in [1.807, 2.05) is 0 Å². The van der Waals surface area contributed by atoms with Crippen molar-refractivity contribution in [2.45, 2.75) is 60.3 Å². The highest BCUT2D eigenvalue weighted by atomic mass is 14.8. The van der Waals surface area contributed by atoms with Crippen LogP contribution in [-0.2, 0) is 0 Å². The fourth-order valence-corrected chi connectivity index (χ4v) is 6.73. The summed E-state index contributed by atoms with van der Waals surface area (Å²) in [6.45, 7) is 12.7. The monoisotopic (exact) mass is 206 g/mol. The molecule has 0 heterocycles. The first-order valence-corrected chi connectivity index (χ1v) is 6.91. The summed E-state index contributed by atoms with van der Waals surface area (Å²) in [5, 5.41) is 0. The summed E-state index contributed by atoms with van der Waals surface area (Å²) >= 11 is 0. The van der Waals surface area contributed by atoms with Crippen molar-refractivity contribution in [2.24, 2.45) is 34.0 Å². The van der Waals surface area contributed by atoms with Crippen LogP contribution in [0.2, 0.25) is 0 Å². The lowest BCUT2D eigenvalue weighted by Gasteiger charge is -2.68. The fraction of sp³-hybridized carbons (Fsp3) is 1.00. The Labute approximate surface area is 94.8 Å². The summed E-state index contributed by atoms with van der Waals surface area (Å²) in [5.74, 6) is 3.14. The zero-order chi connectivity index (χ0) is 11.1. The molecule has 3 aliphatic rings. The van der Waals surface area contributed by atoms with Gasteiger partial charge in [0, 0.05) is 0 Å². The van der Waals surface area contributed by atoms with Gasteiger partial charge in [-0.05, 0) is 59.7 Å². The Kier molecular flexibility index (Phi) is 1.67. The van der Waals surface area contributed by atoms with Crippen LogP contribution < -0.4 is 0 Å². The molecule has 2 bridgehead atoms. The van der Waals surface area contributed by atoms with Crippen LogP contribution in [0.5, 0.6) is 0 Å². The quantitative estimate of drug-likeness (QED) is 0.593. The Morgan fingerprint density at radius 3 is 2.27 bits per heavy atom. The normalized spacial score (nSPS) is 60.2. The van der Waals surface area contributed by atoms with Crippen LogP contribution in [0.25, 0.3) is 0 Å². The van der Waals surface area contributed by atoms with Crippen molar-refractivity contribution in [2.75, 3.05) is 0 Å². The smallest absolute Gasteiger partial charge is 0.0161 e. The first kappa shape index (κ1) is 10.2. The molecule has 0 saturated heterocycles. The molecule has 0 nitrogen and oxygen atoms in total. The second kappa shape index (κ2) is 2.46. The Hall–Kier alpha value is 0. The first-order valence-electron chi connectivity index (χ1n) is 6.91. The second-order valence-corrected chi connectivity index (χ2v) is 7.43. The zero-order valence-electron chi connectivity index (χ0n) is 11.1. The molecule has 3 fully saturated rings. The lowest BCUT2D eigenvalue weighted by molar-refractivity contribution is -0.196. The molecule has 86 valence electrons. The Balaban J connectivity index is 2.12. The van der Waals surface area contributed by atoms with E-state index in [0.29, 0.717) is 16.2 Å². The van der Waals surface area contributed by atoms with E-state index in [0.717, 1.165) is 17.8 Å². The molecule has 3 aliphatic carbocycles. The van der Waals surface area contributed by atoms with Gasteiger partial charge in [-0.2, -0.15) is 0 Å². The highest BCUT2D eigenvalue weighted by molar-refractivity contribution is 5.25. The van der Waals surface area contributed by atoms with Gasteiger partial charge >= 0.3 is 0 Å². The van der Waals surface area contributed by atoms with Gasteiger partial charge in [0.15, 0.2) is 0 Å². The van der Waals surface area contributed by atoms with Gasteiger partial charge < -0.3 is 0 Å². The molecule has 0 aromatic heterocycles. The van der Waals surface area contributed by atoms with Gasteiger partial charge in [0.1, 0.15) is 0 Å². The van der Waals surface area contributed by atoms with Gasteiger partial charge in [0.2, 0.25) is 0 Å². The largest absolute Gasteiger partial charge is 0.0648 e. The third-order valence-corrected chi connectivity index (χ3v) is 7.31. The summed E-state index contributed by atoms with van der Waals surface area (Å²) in [4.78, 5) is 0. The van der Waals surface area contributed by atoms with E-state index in [4.69, 9.17) is 0 Å². The molecule has 5 unspecified atom stereocenters. The number of rotatable bonds is 1. The third kappa shape index (κ3) is 0.746. The summed E-state index contributed by atoms with van der Waals surface area (Å²) in [7, 11) is 0. The molecule has 15 heavy (non-hydrogen) atoms. The molecule has 3 rings (SSSR count). The molecule has 0 spiro atoms. The maximum Gasteiger partial charge on any atom is -0.0161 e. The zero-order valence-corrected chi connectivity index (χ0v) is 11.1. The van der Waals surface area contributed by atoms with E-state index in [2.05, 4.69) is 34.6 Å². The van der Waals surface area contributed by atoms with E-state index in [1.165, 1.54) is 25.7 Å². The van der Waals surface area contributed by atoms with Crippen LogP contribution in [0, 0.1) is 34.0 Å². The van der Waals surface area contributed by atoms with Crippen molar-refractivity contribution >= 4 is 0 Å². The van der Waals surface area contributed by atoms with E-state index in [9.17, 15) is 0 Å². The number of hydrogen-bond acceptors (Lipinski definition) is 0. The van der Waals surface area contributed by atoms with Gasteiger partial charge in [-0.1, -0.05) is 34.6 Å². The summed E-state index contributed by atoms with van der Waals surface area (Å²) in [6, 6.07) is 0. The van der Waals surface area contributed by atoms with Gasteiger partial charge in [-0.25, -0.2) is 0 Å². The SMILES string of the molecule is CCC12C(CC1(C)C)C1CCC2(C)C1C. The van der Waals surface area contributed by atoms with Crippen molar-refractivity contribution in [3.05, 3.63) is 0 Å². The van der Waals surface area contributed by atoms with E-state index in [-0.39, 0.29) is 0 Å². The molecule has 0 aliphatic heterocycles. The minimum Gasteiger partial charge on any atom is -0.0648 e. The minimum absolute atomic E-state index is 0.616. The molecular weight excluding hydrogens is 180 g/mol. The van der Waals surface area contributed by atoms with Crippen molar-refractivity contribution < 1.29 is 0 Å². The molecular formula is C15H26. The van der Waals surface area contributed by atoms with Crippen molar-refractivity contribution in [3.63, 3.8) is 0 Å². The van der Waals surface area contributed by atoms with Crippen LogP contribution in [0.1, 0.15) is 60.3 Å². The van der Waals surface area contributed by atoms with Gasteiger partial charge in [0.25, 0.3) is 0 Å². The van der Waals surface area contributed by atoms with Crippen molar-refractivity contribution in [1.82, 2.24) is 0 Å². The summed E-state index contributed by atoms with van der Waals surface area (Å²) < 4.78 is 0.